The molecule has 0 atom stereocenters. The van der Waals surface area contributed by atoms with Crippen molar-refractivity contribution in [2.45, 2.75) is 19.1 Å². The maximum absolute atomic E-state index is 4.99. The second-order valence-electron chi connectivity index (χ2n) is 1.69. The molecule has 0 amide bonds. The Kier molecular flexibility index (Phi) is 4.93. The molecule has 0 aromatic carbocycles. The van der Waals surface area contributed by atoms with Gasteiger partial charge in [-0.05, 0) is 0 Å². The van der Waals surface area contributed by atoms with E-state index in [2.05, 4.69) is 24.5 Å². The normalized spacial score (nSPS) is 9.25. The maximum atomic E-state index is 4.99. The quantitative estimate of drug-likeness (QED) is 0.350. The Morgan fingerprint density at radius 2 is 2.38 bits per heavy atom. The first-order valence-electron chi connectivity index (χ1n) is 2.59. The fourth-order valence-electron chi connectivity index (χ4n) is 0.250. The Hall–Kier alpha value is -0.130. The topological polar surface area (TPSA) is 12.0 Å². The zero-order valence-corrected chi connectivity index (χ0v) is 6.09. The number of terminal acetylenes is 1. The summed E-state index contributed by atoms with van der Waals surface area (Å²) in [6.07, 6.45) is 4.99. The van der Waals surface area contributed by atoms with Gasteiger partial charge in [0.25, 0.3) is 0 Å². The van der Waals surface area contributed by atoms with Crippen molar-refractivity contribution in [2.24, 2.45) is 0 Å². The summed E-state index contributed by atoms with van der Waals surface area (Å²) >= 11 is 1.66. The first-order chi connectivity index (χ1) is 3.77. The van der Waals surface area contributed by atoms with Crippen LogP contribution >= 0.6 is 11.9 Å². The van der Waals surface area contributed by atoms with Crippen LogP contribution in [0.15, 0.2) is 0 Å². The van der Waals surface area contributed by atoms with Gasteiger partial charge in [-0.15, -0.1) is 6.42 Å². The Morgan fingerprint density at radius 1 is 1.75 bits per heavy atom. The molecule has 46 valence electrons. The van der Waals surface area contributed by atoms with Gasteiger partial charge in [0, 0.05) is 5.25 Å². The molecule has 0 saturated heterocycles. The summed E-state index contributed by atoms with van der Waals surface area (Å²) < 4.78 is 3.02. The predicted octanol–water partition coefficient (Wildman–Crippen LogP) is 1.27. The molecule has 0 aliphatic heterocycles. The highest BCUT2D eigenvalue weighted by atomic mass is 32.2. The van der Waals surface area contributed by atoms with E-state index in [0.29, 0.717) is 11.8 Å². The molecular weight excluding hydrogens is 118 g/mol. The van der Waals surface area contributed by atoms with E-state index in [1.54, 1.807) is 11.9 Å². The molecule has 0 aliphatic rings. The molecular formula is C6H11NS. The van der Waals surface area contributed by atoms with E-state index in [-0.39, 0.29) is 0 Å². The van der Waals surface area contributed by atoms with Crippen LogP contribution in [0.4, 0.5) is 0 Å². The van der Waals surface area contributed by atoms with Crippen molar-refractivity contribution < 1.29 is 0 Å². The highest BCUT2D eigenvalue weighted by molar-refractivity contribution is 7.97. The van der Waals surface area contributed by atoms with Gasteiger partial charge >= 0.3 is 0 Å². The molecule has 0 aliphatic carbocycles. The molecule has 0 saturated carbocycles. The summed E-state index contributed by atoms with van der Waals surface area (Å²) in [7, 11) is 0. The molecule has 0 fully saturated rings. The third-order valence-electron chi connectivity index (χ3n) is 0.493. The zero-order chi connectivity index (χ0) is 6.41. The van der Waals surface area contributed by atoms with Crippen LogP contribution in [0.5, 0.6) is 0 Å². The second-order valence-corrected chi connectivity index (χ2v) is 3.16. The predicted molar refractivity (Wildman–Crippen MR) is 39.6 cm³/mol. The third-order valence-corrected chi connectivity index (χ3v) is 1.28. The van der Waals surface area contributed by atoms with Crippen LogP contribution in [0.3, 0.4) is 0 Å². The smallest absolute Gasteiger partial charge is 0.0668 e. The highest BCUT2D eigenvalue weighted by Gasteiger charge is 1.88. The monoisotopic (exact) mass is 129 g/mol. The van der Waals surface area contributed by atoms with Crippen LogP contribution in [0.25, 0.3) is 0 Å². The summed E-state index contributed by atoms with van der Waals surface area (Å²) in [5.74, 6) is 2.49. The SMILES string of the molecule is C#CCNSC(C)C. The Bertz CT molecular complexity index is 83.0. The number of rotatable bonds is 3. The summed E-state index contributed by atoms with van der Waals surface area (Å²) in [5, 5.41) is 0.614. The minimum absolute atomic E-state index is 0.614. The summed E-state index contributed by atoms with van der Waals surface area (Å²) in [5.41, 5.74) is 0. The van der Waals surface area contributed by atoms with Gasteiger partial charge < -0.3 is 0 Å². The molecule has 0 spiro atoms. The lowest BCUT2D eigenvalue weighted by Gasteiger charge is -2.00. The van der Waals surface area contributed by atoms with Crippen molar-refractivity contribution in [2.75, 3.05) is 6.54 Å². The van der Waals surface area contributed by atoms with E-state index >= 15 is 0 Å². The maximum Gasteiger partial charge on any atom is 0.0668 e. The minimum atomic E-state index is 0.614. The lowest BCUT2D eigenvalue weighted by molar-refractivity contribution is 1.07. The van der Waals surface area contributed by atoms with Crippen LogP contribution in [-0.4, -0.2) is 11.8 Å². The molecule has 1 N–H and O–H groups in total. The standard InChI is InChI=1S/C6H11NS/c1-4-5-7-8-6(2)3/h1,6-7H,5H2,2-3H3. The van der Waals surface area contributed by atoms with Crippen LogP contribution in [0.2, 0.25) is 0 Å². The largest absolute Gasteiger partial charge is 0.252 e. The summed E-state index contributed by atoms with van der Waals surface area (Å²) in [4.78, 5) is 0. The van der Waals surface area contributed by atoms with Crippen LogP contribution in [-0.2, 0) is 0 Å². The van der Waals surface area contributed by atoms with E-state index in [0.717, 1.165) is 0 Å². The third kappa shape index (κ3) is 5.87. The van der Waals surface area contributed by atoms with Crippen LogP contribution in [0, 0.1) is 12.3 Å². The molecule has 0 unspecified atom stereocenters. The molecule has 0 radical (unpaired) electrons. The molecule has 0 bridgehead atoms. The zero-order valence-electron chi connectivity index (χ0n) is 5.27. The fraction of sp³-hybridized carbons (Fsp3) is 0.667. The van der Waals surface area contributed by atoms with Gasteiger partial charge in [0.05, 0.1) is 6.54 Å². The van der Waals surface area contributed by atoms with Crippen molar-refractivity contribution in [1.29, 1.82) is 0 Å². The number of nitrogens with one attached hydrogen (secondary N) is 1. The lowest BCUT2D eigenvalue weighted by Crippen LogP contribution is -2.06. The average Bonchev–Trinajstić information content (AvgIpc) is 1.66. The van der Waals surface area contributed by atoms with Gasteiger partial charge in [0.2, 0.25) is 0 Å². The molecule has 1 nitrogen and oxygen atoms in total. The second kappa shape index (κ2) is 5.02. The first kappa shape index (κ1) is 7.87. The average molecular weight is 129 g/mol. The molecule has 2 heteroatoms. The van der Waals surface area contributed by atoms with Crippen molar-refractivity contribution in [3.05, 3.63) is 0 Å². The fourth-order valence-corrected chi connectivity index (χ4v) is 0.750. The van der Waals surface area contributed by atoms with E-state index in [1.807, 2.05) is 0 Å². The Balaban J connectivity index is 2.85. The molecule has 0 aromatic heterocycles. The van der Waals surface area contributed by atoms with Gasteiger partial charge in [-0.2, -0.15) is 0 Å². The number of hydrogen-bond donors (Lipinski definition) is 1. The Morgan fingerprint density at radius 3 is 2.75 bits per heavy atom. The van der Waals surface area contributed by atoms with Gasteiger partial charge in [-0.1, -0.05) is 31.7 Å². The van der Waals surface area contributed by atoms with Crippen molar-refractivity contribution in [1.82, 2.24) is 4.72 Å². The molecule has 0 aromatic rings. The van der Waals surface area contributed by atoms with Crippen molar-refractivity contribution >= 4 is 11.9 Å². The van der Waals surface area contributed by atoms with E-state index in [9.17, 15) is 0 Å². The van der Waals surface area contributed by atoms with E-state index in [1.165, 1.54) is 0 Å². The van der Waals surface area contributed by atoms with Gasteiger partial charge in [-0.25, -0.2) is 0 Å². The Labute approximate surface area is 55.4 Å². The molecule has 0 rings (SSSR count). The van der Waals surface area contributed by atoms with Crippen molar-refractivity contribution in [3.8, 4) is 12.3 Å². The summed E-state index contributed by atoms with van der Waals surface area (Å²) in [6, 6.07) is 0. The number of hydrogen-bond acceptors (Lipinski definition) is 2. The van der Waals surface area contributed by atoms with Gasteiger partial charge in [0.1, 0.15) is 0 Å². The van der Waals surface area contributed by atoms with E-state index < -0.39 is 0 Å². The van der Waals surface area contributed by atoms with Gasteiger partial charge in [-0.3, -0.25) is 4.72 Å². The summed E-state index contributed by atoms with van der Waals surface area (Å²) in [6.45, 7) is 4.89. The van der Waals surface area contributed by atoms with Crippen LogP contribution < -0.4 is 4.72 Å². The van der Waals surface area contributed by atoms with Crippen molar-refractivity contribution in [3.63, 3.8) is 0 Å². The molecule has 8 heavy (non-hydrogen) atoms. The molecule has 0 heterocycles. The minimum Gasteiger partial charge on any atom is -0.252 e. The van der Waals surface area contributed by atoms with E-state index in [4.69, 9.17) is 6.42 Å². The lowest BCUT2D eigenvalue weighted by atomic mass is 10.6. The highest BCUT2D eigenvalue weighted by Crippen LogP contribution is 2.01. The first-order valence-corrected chi connectivity index (χ1v) is 3.47. The van der Waals surface area contributed by atoms with Gasteiger partial charge in [0.15, 0.2) is 0 Å². The van der Waals surface area contributed by atoms with Crippen LogP contribution in [0.1, 0.15) is 13.8 Å².